The molecular weight excluding hydrogens is 416 g/mol. The van der Waals surface area contributed by atoms with Gasteiger partial charge in [-0.05, 0) is 41.8 Å². The first-order valence-corrected chi connectivity index (χ1v) is 9.71. The van der Waals surface area contributed by atoms with Crippen molar-refractivity contribution in [1.29, 1.82) is 5.26 Å². The summed E-state index contributed by atoms with van der Waals surface area (Å²) in [4.78, 5) is 10.5. The van der Waals surface area contributed by atoms with Gasteiger partial charge in [0.05, 0.1) is 28.7 Å². The number of hydrogen-bond donors (Lipinski definition) is 0. The molecule has 0 aliphatic heterocycles. The molecule has 31 heavy (non-hydrogen) atoms. The van der Waals surface area contributed by atoms with Crippen LogP contribution >= 0.6 is 11.6 Å². The number of nitrogens with zero attached hydrogens (tertiary/aromatic N) is 2. The van der Waals surface area contributed by atoms with Crippen molar-refractivity contribution in [3.05, 3.63) is 98.1 Å². The summed E-state index contributed by atoms with van der Waals surface area (Å²) in [5.41, 5.74) is 3.36. The van der Waals surface area contributed by atoms with Crippen LogP contribution in [0, 0.1) is 28.4 Å². The topological polar surface area (TPSA) is 85.4 Å². The molecule has 3 aromatic carbocycles. The van der Waals surface area contributed by atoms with Crippen LogP contribution in [0.2, 0.25) is 5.02 Å². The van der Waals surface area contributed by atoms with E-state index >= 15 is 0 Å². The molecule has 7 heteroatoms. The fourth-order valence-corrected chi connectivity index (χ4v) is 3.21. The quantitative estimate of drug-likeness (QED) is 0.191. The number of rotatable bonds is 7. The summed E-state index contributed by atoms with van der Waals surface area (Å²) in [6.45, 7) is 2.34. The number of nitriles is 1. The van der Waals surface area contributed by atoms with E-state index in [1.165, 1.54) is 25.3 Å². The number of aryl methyl sites for hydroxylation is 1. The Balaban J connectivity index is 1.90. The van der Waals surface area contributed by atoms with Crippen molar-refractivity contribution in [3.8, 4) is 17.6 Å². The van der Waals surface area contributed by atoms with Crippen LogP contribution in [0.3, 0.4) is 0 Å². The molecule has 0 aliphatic carbocycles. The largest absolute Gasteiger partial charge is 0.493 e. The minimum Gasteiger partial charge on any atom is -0.493 e. The number of hydrogen-bond acceptors (Lipinski definition) is 5. The number of nitro groups is 1. The maximum atomic E-state index is 11.0. The maximum Gasteiger partial charge on any atom is 0.270 e. The second kappa shape index (κ2) is 9.79. The Morgan fingerprint density at radius 2 is 1.94 bits per heavy atom. The van der Waals surface area contributed by atoms with Gasteiger partial charge in [-0.3, -0.25) is 10.1 Å². The molecule has 0 bridgehead atoms. The molecule has 0 atom stereocenters. The summed E-state index contributed by atoms with van der Waals surface area (Å²) >= 11 is 6.44. The molecule has 6 nitrogen and oxygen atoms in total. The fraction of sp³-hybridized carbons (Fsp3) is 0.125. The zero-order chi connectivity index (χ0) is 22.4. The lowest BCUT2D eigenvalue weighted by molar-refractivity contribution is -0.384. The van der Waals surface area contributed by atoms with Crippen LogP contribution in [0.25, 0.3) is 11.6 Å². The van der Waals surface area contributed by atoms with Gasteiger partial charge in [-0.25, -0.2) is 0 Å². The van der Waals surface area contributed by atoms with E-state index in [0.717, 1.165) is 11.1 Å². The highest BCUT2D eigenvalue weighted by molar-refractivity contribution is 6.32. The van der Waals surface area contributed by atoms with Crippen molar-refractivity contribution >= 4 is 28.9 Å². The maximum absolute atomic E-state index is 11.0. The van der Waals surface area contributed by atoms with Gasteiger partial charge in [0.25, 0.3) is 5.69 Å². The molecular formula is C24H19ClN2O4. The van der Waals surface area contributed by atoms with E-state index in [1.54, 1.807) is 24.3 Å². The highest BCUT2D eigenvalue weighted by Crippen LogP contribution is 2.38. The Labute approximate surface area is 185 Å². The predicted octanol–water partition coefficient (Wildman–Crippen LogP) is 6.21. The van der Waals surface area contributed by atoms with Crippen molar-refractivity contribution in [2.45, 2.75) is 13.5 Å². The summed E-state index contributed by atoms with van der Waals surface area (Å²) in [5, 5.41) is 20.9. The van der Waals surface area contributed by atoms with Crippen molar-refractivity contribution in [2.24, 2.45) is 0 Å². The molecule has 0 aromatic heterocycles. The van der Waals surface area contributed by atoms with Crippen LogP contribution < -0.4 is 9.47 Å². The third-order valence-corrected chi connectivity index (χ3v) is 4.84. The van der Waals surface area contributed by atoms with Crippen LogP contribution in [0.5, 0.6) is 11.5 Å². The molecule has 3 rings (SSSR count). The number of ether oxygens (including phenoxy) is 2. The number of allylic oxidation sites excluding steroid dienone is 1. The third kappa shape index (κ3) is 5.41. The minimum atomic E-state index is -0.501. The SMILES string of the molecule is COc1cc(/C=C(/C#N)c2cccc([N+](=O)[O-])c2)cc(Cl)c1OCc1ccc(C)cc1. The normalized spacial score (nSPS) is 11.0. The van der Waals surface area contributed by atoms with E-state index in [9.17, 15) is 15.4 Å². The number of benzene rings is 3. The van der Waals surface area contributed by atoms with Crippen LogP contribution in [0.1, 0.15) is 22.3 Å². The first-order chi connectivity index (χ1) is 14.9. The number of non-ortho nitro benzene ring substituents is 1. The lowest BCUT2D eigenvalue weighted by Crippen LogP contribution is -1.99. The van der Waals surface area contributed by atoms with Crippen LogP contribution in [0.4, 0.5) is 5.69 Å². The van der Waals surface area contributed by atoms with Crippen molar-refractivity contribution < 1.29 is 14.4 Å². The van der Waals surface area contributed by atoms with Gasteiger partial charge in [-0.15, -0.1) is 0 Å². The van der Waals surface area contributed by atoms with Gasteiger partial charge in [-0.1, -0.05) is 53.6 Å². The predicted molar refractivity (Wildman–Crippen MR) is 120 cm³/mol. The van der Waals surface area contributed by atoms with Crippen molar-refractivity contribution in [3.63, 3.8) is 0 Å². The molecule has 156 valence electrons. The molecule has 0 aliphatic rings. The summed E-state index contributed by atoms with van der Waals surface area (Å²) in [6, 6.07) is 19.3. The first kappa shape index (κ1) is 21.9. The monoisotopic (exact) mass is 434 g/mol. The Kier molecular flexibility index (Phi) is 6.91. The van der Waals surface area contributed by atoms with Gasteiger partial charge in [0.1, 0.15) is 6.61 Å². The Bertz CT molecular complexity index is 1180. The van der Waals surface area contributed by atoms with E-state index in [1.807, 2.05) is 31.2 Å². The molecule has 3 aromatic rings. The van der Waals surface area contributed by atoms with Gasteiger partial charge < -0.3 is 9.47 Å². The Morgan fingerprint density at radius 3 is 2.58 bits per heavy atom. The molecule has 0 fully saturated rings. The minimum absolute atomic E-state index is 0.0888. The van der Waals surface area contributed by atoms with Crippen molar-refractivity contribution in [1.82, 2.24) is 0 Å². The van der Waals surface area contributed by atoms with Gasteiger partial charge in [0, 0.05) is 12.1 Å². The van der Waals surface area contributed by atoms with Crippen LogP contribution in [0.15, 0.2) is 60.7 Å². The summed E-state index contributed by atoms with van der Waals surface area (Å²) < 4.78 is 11.3. The molecule has 0 saturated carbocycles. The highest BCUT2D eigenvalue weighted by Gasteiger charge is 2.14. The number of nitro benzene ring substituents is 1. The summed E-state index contributed by atoms with van der Waals surface area (Å²) in [5.74, 6) is 0.818. The highest BCUT2D eigenvalue weighted by atomic mass is 35.5. The fourth-order valence-electron chi connectivity index (χ4n) is 2.94. The molecule has 0 N–H and O–H groups in total. The molecule has 0 unspecified atom stereocenters. The van der Waals surface area contributed by atoms with E-state index in [4.69, 9.17) is 21.1 Å². The average molecular weight is 435 g/mol. The lowest BCUT2D eigenvalue weighted by Gasteiger charge is -2.14. The Morgan fingerprint density at radius 1 is 1.19 bits per heavy atom. The zero-order valence-electron chi connectivity index (χ0n) is 17.0. The summed E-state index contributed by atoms with van der Waals surface area (Å²) in [6.07, 6.45) is 1.59. The van der Waals surface area contributed by atoms with E-state index in [0.29, 0.717) is 34.3 Å². The molecule has 0 heterocycles. The van der Waals surface area contributed by atoms with Gasteiger partial charge in [0.15, 0.2) is 11.5 Å². The van der Waals surface area contributed by atoms with Crippen LogP contribution in [-0.2, 0) is 6.61 Å². The number of methoxy groups -OCH3 is 1. The van der Waals surface area contributed by atoms with E-state index < -0.39 is 4.92 Å². The van der Waals surface area contributed by atoms with E-state index in [2.05, 4.69) is 6.07 Å². The second-order valence-electron chi connectivity index (χ2n) is 6.79. The first-order valence-electron chi connectivity index (χ1n) is 9.33. The zero-order valence-corrected chi connectivity index (χ0v) is 17.7. The lowest BCUT2D eigenvalue weighted by atomic mass is 10.0. The third-order valence-electron chi connectivity index (χ3n) is 4.55. The Hall–Kier alpha value is -3.82. The van der Waals surface area contributed by atoms with Gasteiger partial charge in [0.2, 0.25) is 0 Å². The smallest absolute Gasteiger partial charge is 0.270 e. The van der Waals surface area contributed by atoms with Gasteiger partial charge in [-0.2, -0.15) is 5.26 Å². The second-order valence-corrected chi connectivity index (χ2v) is 7.19. The molecule has 0 spiro atoms. The van der Waals surface area contributed by atoms with Crippen molar-refractivity contribution in [2.75, 3.05) is 7.11 Å². The van der Waals surface area contributed by atoms with Gasteiger partial charge >= 0.3 is 0 Å². The standard InChI is InChI=1S/C24H19ClN2O4/c1-16-6-8-17(9-7-16)15-31-24-22(25)11-18(12-23(24)30-2)10-20(14-26)19-4-3-5-21(13-19)27(28)29/h3-13H,15H2,1-2H3/b20-10-. The van der Waals surface area contributed by atoms with Crippen LogP contribution in [-0.4, -0.2) is 12.0 Å². The van der Waals surface area contributed by atoms with E-state index in [-0.39, 0.29) is 11.3 Å². The summed E-state index contributed by atoms with van der Waals surface area (Å²) in [7, 11) is 1.50. The average Bonchev–Trinajstić information content (AvgIpc) is 2.77. The number of halogens is 1. The molecule has 0 saturated heterocycles. The molecule has 0 radical (unpaired) electrons. The molecule has 0 amide bonds.